The number of fused-ring (bicyclic) bond motifs is 1. The lowest BCUT2D eigenvalue weighted by atomic mass is 10.0. The normalized spacial score (nSPS) is 11.3. The molecule has 3 heterocycles. The van der Waals surface area contributed by atoms with E-state index < -0.39 is 5.69 Å². The van der Waals surface area contributed by atoms with E-state index in [1.54, 1.807) is 12.3 Å². The van der Waals surface area contributed by atoms with Crippen molar-refractivity contribution in [1.29, 1.82) is 0 Å². The van der Waals surface area contributed by atoms with Crippen LogP contribution in [0.1, 0.15) is 31.0 Å². The van der Waals surface area contributed by atoms with Gasteiger partial charge in [0.05, 0.1) is 29.4 Å². The second-order valence-electron chi connectivity index (χ2n) is 5.89. The van der Waals surface area contributed by atoms with Crippen LogP contribution < -0.4 is 10.4 Å². The van der Waals surface area contributed by atoms with Crippen LogP contribution in [0.2, 0.25) is 10.3 Å². The number of rotatable bonds is 3. The second kappa shape index (κ2) is 6.61. The molecule has 3 aromatic heterocycles. The highest BCUT2D eigenvalue weighted by atomic mass is 35.5. The summed E-state index contributed by atoms with van der Waals surface area (Å²) in [5.41, 5.74) is 2.29. The average molecular weight is 379 g/mol. The summed E-state index contributed by atoms with van der Waals surface area (Å²) in [5, 5.41) is 0.628. The van der Waals surface area contributed by atoms with Crippen LogP contribution in [-0.4, -0.2) is 26.6 Å². The number of methoxy groups -OCH3 is 1. The molecule has 0 aromatic carbocycles. The number of aryl methyl sites for hydroxylation is 1. The minimum Gasteiger partial charge on any atom is -0.480 e. The number of pyridine rings is 2. The van der Waals surface area contributed by atoms with Crippen LogP contribution in [0.5, 0.6) is 5.88 Å². The molecular formula is C17H16Cl2N4O2. The molecule has 130 valence electrons. The summed E-state index contributed by atoms with van der Waals surface area (Å²) in [6.07, 6.45) is 1.72. The van der Waals surface area contributed by atoms with Crippen molar-refractivity contribution in [1.82, 2.24) is 19.5 Å². The Bertz CT molecular complexity index is 1030. The van der Waals surface area contributed by atoms with Gasteiger partial charge in [-0.1, -0.05) is 37.0 Å². The van der Waals surface area contributed by atoms with Gasteiger partial charge in [0.15, 0.2) is 0 Å². The fraction of sp³-hybridized carbons (Fsp3) is 0.294. The first-order valence-electron chi connectivity index (χ1n) is 7.63. The van der Waals surface area contributed by atoms with Crippen molar-refractivity contribution in [3.8, 4) is 11.6 Å². The van der Waals surface area contributed by atoms with Gasteiger partial charge in [-0.05, 0) is 24.5 Å². The maximum Gasteiger partial charge on any atom is 0.354 e. The quantitative estimate of drug-likeness (QED) is 0.510. The summed E-state index contributed by atoms with van der Waals surface area (Å²) < 4.78 is 6.74. The van der Waals surface area contributed by atoms with E-state index >= 15 is 0 Å². The smallest absolute Gasteiger partial charge is 0.354 e. The molecule has 0 bridgehead atoms. The Balaban J connectivity index is 2.56. The molecule has 0 unspecified atom stereocenters. The Morgan fingerprint density at radius 3 is 2.60 bits per heavy atom. The fourth-order valence-corrected chi connectivity index (χ4v) is 3.22. The first kappa shape index (κ1) is 17.6. The molecule has 25 heavy (non-hydrogen) atoms. The van der Waals surface area contributed by atoms with Gasteiger partial charge in [-0.15, -0.1) is 0 Å². The Morgan fingerprint density at radius 1 is 1.24 bits per heavy atom. The molecule has 8 heteroatoms. The fourth-order valence-electron chi connectivity index (χ4n) is 2.79. The van der Waals surface area contributed by atoms with E-state index in [4.69, 9.17) is 27.9 Å². The van der Waals surface area contributed by atoms with E-state index in [9.17, 15) is 4.79 Å². The lowest BCUT2D eigenvalue weighted by molar-refractivity contribution is 0.403. The van der Waals surface area contributed by atoms with Crippen LogP contribution in [-0.2, 0) is 0 Å². The third kappa shape index (κ3) is 2.96. The highest BCUT2D eigenvalue weighted by molar-refractivity contribution is 6.35. The minimum atomic E-state index is -0.514. The van der Waals surface area contributed by atoms with Crippen LogP contribution in [0, 0.1) is 6.92 Å². The summed E-state index contributed by atoms with van der Waals surface area (Å²) in [5.74, 6) is 0.313. The highest BCUT2D eigenvalue weighted by Crippen LogP contribution is 2.33. The van der Waals surface area contributed by atoms with Gasteiger partial charge in [-0.2, -0.15) is 4.98 Å². The van der Waals surface area contributed by atoms with Crippen LogP contribution in [0.25, 0.3) is 16.6 Å². The summed E-state index contributed by atoms with van der Waals surface area (Å²) in [6.45, 7) is 5.93. The van der Waals surface area contributed by atoms with Crippen molar-refractivity contribution in [2.24, 2.45) is 0 Å². The van der Waals surface area contributed by atoms with Gasteiger partial charge in [0.25, 0.3) is 0 Å². The van der Waals surface area contributed by atoms with E-state index in [0.29, 0.717) is 16.6 Å². The van der Waals surface area contributed by atoms with E-state index in [0.717, 1.165) is 11.3 Å². The van der Waals surface area contributed by atoms with Crippen LogP contribution >= 0.6 is 23.2 Å². The van der Waals surface area contributed by atoms with Gasteiger partial charge in [-0.3, -0.25) is 9.55 Å². The molecule has 0 atom stereocenters. The molecule has 0 aliphatic heterocycles. The molecule has 0 aliphatic rings. The zero-order valence-electron chi connectivity index (χ0n) is 14.2. The predicted octanol–water partition coefficient (Wildman–Crippen LogP) is 3.92. The van der Waals surface area contributed by atoms with Crippen molar-refractivity contribution >= 4 is 34.1 Å². The third-order valence-electron chi connectivity index (χ3n) is 3.88. The molecule has 6 nitrogen and oxygen atoms in total. The van der Waals surface area contributed by atoms with Gasteiger partial charge >= 0.3 is 5.69 Å². The molecule has 0 fully saturated rings. The number of halogens is 2. The maximum atomic E-state index is 12.7. The third-order valence-corrected chi connectivity index (χ3v) is 4.35. The van der Waals surface area contributed by atoms with Gasteiger partial charge in [0, 0.05) is 12.3 Å². The molecule has 0 saturated heterocycles. The van der Waals surface area contributed by atoms with Crippen LogP contribution in [0.15, 0.2) is 23.1 Å². The Kier molecular flexibility index (Phi) is 4.67. The molecule has 0 spiro atoms. The van der Waals surface area contributed by atoms with E-state index in [1.807, 2.05) is 26.8 Å². The minimum absolute atomic E-state index is 0.0184. The zero-order valence-corrected chi connectivity index (χ0v) is 15.7. The maximum absolute atomic E-state index is 12.7. The Morgan fingerprint density at radius 2 is 1.96 bits per heavy atom. The van der Waals surface area contributed by atoms with Gasteiger partial charge in [-0.25, -0.2) is 9.78 Å². The topological polar surface area (TPSA) is 69.9 Å². The first-order valence-corrected chi connectivity index (χ1v) is 8.39. The summed E-state index contributed by atoms with van der Waals surface area (Å²) >= 11 is 12.3. The number of ether oxygens (including phenoxy) is 1. The summed E-state index contributed by atoms with van der Waals surface area (Å²) in [4.78, 5) is 25.2. The van der Waals surface area contributed by atoms with Crippen LogP contribution in [0.3, 0.4) is 0 Å². The van der Waals surface area contributed by atoms with Crippen molar-refractivity contribution in [2.75, 3.05) is 7.11 Å². The van der Waals surface area contributed by atoms with E-state index in [1.165, 1.54) is 11.7 Å². The van der Waals surface area contributed by atoms with E-state index in [-0.39, 0.29) is 22.1 Å². The standard InChI is InChI=1S/C17H16Cl2N4O2/c1-8(2)13-14(9(3)5-6-20-13)23-10-7-11(18)21-16(25-4)12(10)15(19)22-17(23)24/h5-8H,1-4H3. The molecule has 0 saturated carbocycles. The first-order chi connectivity index (χ1) is 11.8. The van der Waals surface area contributed by atoms with Crippen LogP contribution in [0.4, 0.5) is 0 Å². The number of hydrogen-bond donors (Lipinski definition) is 0. The molecular weight excluding hydrogens is 363 g/mol. The lowest BCUT2D eigenvalue weighted by Gasteiger charge is -2.18. The monoisotopic (exact) mass is 378 g/mol. The van der Waals surface area contributed by atoms with Crippen molar-refractivity contribution in [2.45, 2.75) is 26.7 Å². The van der Waals surface area contributed by atoms with Crippen molar-refractivity contribution in [3.63, 3.8) is 0 Å². The highest BCUT2D eigenvalue weighted by Gasteiger charge is 2.21. The van der Waals surface area contributed by atoms with Crippen molar-refractivity contribution in [3.05, 3.63) is 50.4 Å². The molecule has 0 amide bonds. The summed E-state index contributed by atoms with van der Waals surface area (Å²) in [7, 11) is 1.46. The lowest BCUT2D eigenvalue weighted by Crippen LogP contribution is -2.25. The number of hydrogen-bond acceptors (Lipinski definition) is 5. The SMILES string of the molecule is COc1nc(Cl)cc2c1c(Cl)nc(=O)n2-c1c(C)ccnc1C(C)C. The Labute approximate surface area is 154 Å². The molecule has 0 radical (unpaired) electrons. The number of aromatic nitrogens is 4. The largest absolute Gasteiger partial charge is 0.480 e. The zero-order chi connectivity index (χ0) is 18.3. The summed E-state index contributed by atoms with van der Waals surface area (Å²) in [6, 6.07) is 3.42. The Hall–Kier alpha value is -2.18. The number of nitrogens with zero attached hydrogens (tertiary/aromatic N) is 4. The van der Waals surface area contributed by atoms with Gasteiger partial charge < -0.3 is 4.74 Å². The average Bonchev–Trinajstić information content (AvgIpc) is 2.54. The van der Waals surface area contributed by atoms with Gasteiger partial charge in [0.2, 0.25) is 5.88 Å². The molecule has 3 aromatic rings. The molecule has 0 aliphatic carbocycles. The molecule has 3 rings (SSSR count). The van der Waals surface area contributed by atoms with E-state index in [2.05, 4.69) is 15.0 Å². The molecule has 0 N–H and O–H groups in total. The van der Waals surface area contributed by atoms with Gasteiger partial charge in [0.1, 0.15) is 10.3 Å². The predicted molar refractivity (Wildman–Crippen MR) is 98.3 cm³/mol. The van der Waals surface area contributed by atoms with Crippen molar-refractivity contribution < 1.29 is 4.74 Å². The second-order valence-corrected chi connectivity index (χ2v) is 6.63.